The highest BCUT2D eigenvalue weighted by Gasteiger charge is 2.27. The lowest BCUT2D eigenvalue weighted by molar-refractivity contribution is -0.870. The first-order chi connectivity index (χ1) is 24.0. The summed E-state index contributed by atoms with van der Waals surface area (Å²) in [5, 5.41) is 13.6. The molecule has 0 radical (unpaired) electrons. The van der Waals surface area contributed by atoms with Crippen molar-refractivity contribution in [3.8, 4) is 0 Å². The van der Waals surface area contributed by atoms with Gasteiger partial charge in [0.1, 0.15) is 13.2 Å². The Morgan fingerprint density at radius 2 is 1.10 bits per heavy atom. The number of allylic oxidation sites excluding steroid dienone is 3. The molecule has 0 spiro atoms. The van der Waals surface area contributed by atoms with E-state index < -0.39 is 20.0 Å². The summed E-state index contributed by atoms with van der Waals surface area (Å²) < 4.78 is 23.3. The molecule has 3 unspecified atom stereocenters. The highest BCUT2D eigenvalue weighted by molar-refractivity contribution is 7.47. The molecule has 8 nitrogen and oxygen atoms in total. The van der Waals surface area contributed by atoms with Crippen LogP contribution in [0.1, 0.15) is 181 Å². The van der Waals surface area contributed by atoms with E-state index in [0.717, 1.165) is 44.9 Å². The van der Waals surface area contributed by atoms with Gasteiger partial charge in [-0.05, 0) is 32.1 Å². The molecule has 50 heavy (non-hydrogen) atoms. The molecule has 3 atom stereocenters. The second-order valence-electron chi connectivity index (χ2n) is 15.4. The third-order valence-corrected chi connectivity index (χ3v) is 10.2. The number of unbranched alkanes of at least 4 members (excludes halogenated alkanes) is 22. The van der Waals surface area contributed by atoms with Gasteiger partial charge in [-0.15, -0.1) is 0 Å². The number of aliphatic hydroxyl groups is 1. The van der Waals surface area contributed by atoms with Gasteiger partial charge in [0.05, 0.1) is 39.9 Å². The van der Waals surface area contributed by atoms with Gasteiger partial charge in [0.2, 0.25) is 5.91 Å². The maximum atomic E-state index is 12.5. The normalized spacial score (nSPS) is 14.8. The van der Waals surface area contributed by atoms with Crippen LogP contribution >= 0.6 is 7.82 Å². The highest BCUT2D eigenvalue weighted by Crippen LogP contribution is 2.43. The van der Waals surface area contributed by atoms with Crippen molar-refractivity contribution in [3.63, 3.8) is 0 Å². The van der Waals surface area contributed by atoms with Gasteiger partial charge in [0, 0.05) is 6.42 Å². The molecule has 0 saturated heterocycles. The van der Waals surface area contributed by atoms with E-state index in [0.29, 0.717) is 17.4 Å². The molecule has 3 N–H and O–H groups in total. The van der Waals surface area contributed by atoms with Gasteiger partial charge in [0.15, 0.2) is 0 Å². The van der Waals surface area contributed by atoms with Crippen LogP contribution in [-0.2, 0) is 18.4 Å². The van der Waals surface area contributed by atoms with E-state index in [9.17, 15) is 19.4 Å². The van der Waals surface area contributed by atoms with Gasteiger partial charge in [-0.3, -0.25) is 13.8 Å². The maximum Gasteiger partial charge on any atom is 0.472 e. The largest absolute Gasteiger partial charge is 0.472 e. The van der Waals surface area contributed by atoms with Crippen molar-refractivity contribution in [2.45, 2.75) is 193 Å². The van der Waals surface area contributed by atoms with Crippen molar-refractivity contribution in [2.75, 3.05) is 40.9 Å². The Bertz CT molecular complexity index is 876. The van der Waals surface area contributed by atoms with E-state index in [-0.39, 0.29) is 19.1 Å². The fourth-order valence-electron chi connectivity index (χ4n) is 5.82. The zero-order valence-corrected chi connectivity index (χ0v) is 34.3. The lowest BCUT2D eigenvalue weighted by atomic mass is 10.0. The third-order valence-electron chi connectivity index (χ3n) is 9.17. The molecule has 296 valence electrons. The summed E-state index contributed by atoms with van der Waals surface area (Å²) in [5.41, 5.74) is 0. The zero-order valence-electron chi connectivity index (χ0n) is 33.4. The van der Waals surface area contributed by atoms with Gasteiger partial charge >= 0.3 is 7.82 Å². The zero-order chi connectivity index (χ0) is 37.2. The Morgan fingerprint density at radius 1 is 0.660 bits per heavy atom. The average molecular weight is 730 g/mol. The van der Waals surface area contributed by atoms with Crippen LogP contribution in [0.4, 0.5) is 0 Å². The lowest BCUT2D eigenvalue weighted by Crippen LogP contribution is -2.45. The summed E-state index contributed by atoms with van der Waals surface area (Å²) in [6, 6.07) is -0.854. The van der Waals surface area contributed by atoms with Crippen LogP contribution in [0.3, 0.4) is 0 Å². The van der Waals surface area contributed by atoms with Crippen LogP contribution in [0.2, 0.25) is 0 Å². The lowest BCUT2D eigenvalue weighted by Gasteiger charge is -2.25. The Hall–Kier alpha value is -1.02. The number of aliphatic hydroxyl groups excluding tert-OH is 1. The standard InChI is InChI=1S/C41H81N2O6P/c1-6-8-10-12-13-14-15-16-17-18-19-20-21-22-23-24-25-26-27-28-29-30-31-32-34-40(44)39(42-41(45)35-33-11-9-7-2)38-49-50(46,47)48-37-36-43(3,4)5/h28-29,32,34,39-40,44H,6-27,30-31,33,35-38H2,1-5H3,(H-,42,45,46,47)/p+1/b29-28+,34-32+. The number of hydrogen-bond acceptors (Lipinski definition) is 5. The molecule has 0 rings (SSSR count). The molecule has 0 aliphatic rings. The molecule has 0 aromatic carbocycles. The third kappa shape index (κ3) is 35.4. The number of likely N-dealkylation sites (N-methyl/N-ethyl adjacent to an activating group) is 1. The number of nitrogens with zero attached hydrogens (tertiary/aromatic N) is 1. The van der Waals surface area contributed by atoms with Crippen molar-refractivity contribution in [2.24, 2.45) is 0 Å². The highest BCUT2D eigenvalue weighted by atomic mass is 31.2. The molecular weight excluding hydrogens is 647 g/mol. The molecule has 1 amide bonds. The molecule has 0 aromatic rings. The molecule has 0 heterocycles. The summed E-state index contributed by atoms with van der Waals surface area (Å²) >= 11 is 0. The Kier molecular flexibility index (Phi) is 33.1. The molecule has 9 heteroatoms. The van der Waals surface area contributed by atoms with Crippen molar-refractivity contribution in [1.29, 1.82) is 0 Å². The van der Waals surface area contributed by atoms with Crippen LogP contribution in [0.25, 0.3) is 0 Å². The fraction of sp³-hybridized carbons (Fsp3) is 0.878. The molecule has 0 aliphatic carbocycles. The van der Waals surface area contributed by atoms with Crippen molar-refractivity contribution in [3.05, 3.63) is 24.3 Å². The number of carbonyl (C=O) groups is 1. The predicted octanol–water partition coefficient (Wildman–Crippen LogP) is 11.0. The molecule has 0 saturated carbocycles. The minimum Gasteiger partial charge on any atom is -0.387 e. The SMILES string of the molecule is CCCCCCCCCCCCCCCCCCCC/C=C/CC/C=C/C(O)C(COP(=O)(O)OCC[N+](C)(C)C)NC(=O)CCCCCC. The summed E-state index contributed by atoms with van der Waals surface area (Å²) in [6.45, 7) is 4.66. The van der Waals surface area contributed by atoms with Gasteiger partial charge < -0.3 is 19.8 Å². The Balaban J connectivity index is 4.13. The van der Waals surface area contributed by atoms with Crippen LogP contribution in [-0.4, -0.2) is 73.4 Å². The number of amides is 1. The van der Waals surface area contributed by atoms with E-state index in [2.05, 4.69) is 31.3 Å². The van der Waals surface area contributed by atoms with Crippen LogP contribution in [0.5, 0.6) is 0 Å². The van der Waals surface area contributed by atoms with Crippen molar-refractivity contribution >= 4 is 13.7 Å². The van der Waals surface area contributed by atoms with E-state index in [1.165, 1.54) is 116 Å². The van der Waals surface area contributed by atoms with Gasteiger partial charge in [-0.1, -0.05) is 167 Å². The fourth-order valence-corrected chi connectivity index (χ4v) is 6.56. The Morgan fingerprint density at radius 3 is 1.60 bits per heavy atom. The van der Waals surface area contributed by atoms with Crippen LogP contribution in [0.15, 0.2) is 24.3 Å². The van der Waals surface area contributed by atoms with Crippen LogP contribution < -0.4 is 5.32 Å². The smallest absolute Gasteiger partial charge is 0.387 e. The molecule has 0 fully saturated rings. The van der Waals surface area contributed by atoms with Crippen molar-refractivity contribution < 1.29 is 32.9 Å². The van der Waals surface area contributed by atoms with E-state index in [4.69, 9.17) is 9.05 Å². The van der Waals surface area contributed by atoms with E-state index in [1.807, 2.05) is 27.2 Å². The summed E-state index contributed by atoms with van der Waals surface area (Å²) in [7, 11) is 1.55. The van der Waals surface area contributed by atoms with E-state index in [1.54, 1.807) is 6.08 Å². The molecule has 0 aromatic heterocycles. The predicted molar refractivity (Wildman–Crippen MR) is 212 cm³/mol. The number of nitrogens with one attached hydrogen (secondary N) is 1. The van der Waals surface area contributed by atoms with Gasteiger partial charge in [-0.2, -0.15) is 0 Å². The number of carbonyl (C=O) groups excluding carboxylic acids is 1. The monoisotopic (exact) mass is 730 g/mol. The summed E-state index contributed by atoms with van der Waals surface area (Å²) in [6.07, 6.45) is 38.9. The first kappa shape index (κ1) is 49.0. The maximum absolute atomic E-state index is 12.5. The average Bonchev–Trinajstić information content (AvgIpc) is 3.06. The van der Waals surface area contributed by atoms with Gasteiger partial charge in [-0.25, -0.2) is 4.57 Å². The number of quaternary nitrogens is 1. The first-order valence-corrected chi connectivity index (χ1v) is 22.2. The minimum atomic E-state index is -4.32. The summed E-state index contributed by atoms with van der Waals surface area (Å²) in [5.74, 6) is -0.205. The second-order valence-corrected chi connectivity index (χ2v) is 16.8. The number of hydrogen-bond donors (Lipinski definition) is 3. The van der Waals surface area contributed by atoms with Crippen LogP contribution in [0, 0.1) is 0 Å². The number of rotatable bonds is 37. The molecule has 0 aliphatic heterocycles. The summed E-state index contributed by atoms with van der Waals surface area (Å²) in [4.78, 5) is 22.7. The van der Waals surface area contributed by atoms with Gasteiger partial charge in [0.25, 0.3) is 0 Å². The number of phosphoric acid groups is 1. The second kappa shape index (κ2) is 33.8. The first-order valence-electron chi connectivity index (χ1n) is 20.7. The molecule has 0 bridgehead atoms. The molecular formula is C41H82N2O6P+. The topological polar surface area (TPSA) is 105 Å². The Labute approximate surface area is 309 Å². The van der Waals surface area contributed by atoms with Crippen molar-refractivity contribution in [1.82, 2.24) is 5.32 Å². The quantitative estimate of drug-likeness (QED) is 0.0254. The van der Waals surface area contributed by atoms with E-state index >= 15 is 0 Å². The number of phosphoric ester groups is 1. The minimum absolute atomic E-state index is 0.0568.